The van der Waals surface area contributed by atoms with Crippen LogP contribution in [0.1, 0.15) is 23.1 Å². The average molecular weight is 277 g/mol. The maximum atomic E-state index is 10.9. The summed E-state index contributed by atoms with van der Waals surface area (Å²) in [6, 6.07) is 15.8. The van der Waals surface area contributed by atoms with Gasteiger partial charge in [-0.05, 0) is 23.1 Å². The molecule has 0 aliphatic carbocycles. The summed E-state index contributed by atoms with van der Waals surface area (Å²) in [6.45, 7) is 0.516. The summed E-state index contributed by atoms with van der Waals surface area (Å²) in [5, 5.41) is 13.0. The van der Waals surface area contributed by atoms with E-state index >= 15 is 0 Å². The van der Waals surface area contributed by atoms with Crippen molar-refractivity contribution < 1.29 is 9.84 Å². The van der Waals surface area contributed by atoms with Gasteiger partial charge in [0.15, 0.2) is 0 Å². The summed E-state index contributed by atoms with van der Waals surface area (Å²) >= 11 is 0. The lowest BCUT2D eigenvalue weighted by Gasteiger charge is -2.19. The fourth-order valence-corrected chi connectivity index (χ4v) is 3.07. The Morgan fingerprint density at radius 1 is 1.10 bits per heavy atom. The number of aromatic nitrogens is 1. The van der Waals surface area contributed by atoms with Gasteiger partial charge in [0.1, 0.15) is 5.75 Å². The van der Waals surface area contributed by atoms with Gasteiger partial charge in [-0.25, -0.2) is 0 Å². The lowest BCUT2D eigenvalue weighted by molar-refractivity contribution is 0.131. The van der Waals surface area contributed by atoms with E-state index in [9.17, 15) is 5.11 Å². The summed E-state index contributed by atoms with van der Waals surface area (Å²) in [5.41, 5.74) is 2.01. The predicted octanol–water partition coefficient (Wildman–Crippen LogP) is 3.44. The number of rotatable bonds is 2. The number of pyridine rings is 1. The van der Waals surface area contributed by atoms with E-state index in [0.717, 1.165) is 27.6 Å². The zero-order chi connectivity index (χ0) is 14.2. The van der Waals surface area contributed by atoms with Gasteiger partial charge in [0.25, 0.3) is 0 Å². The van der Waals surface area contributed by atoms with Crippen LogP contribution in [0.3, 0.4) is 0 Å². The maximum Gasteiger partial charge on any atom is 0.123 e. The van der Waals surface area contributed by atoms with E-state index in [0.29, 0.717) is 6.61 Å². The van der Waals surface area contributed by atoms with Crippen LogP contribution in [0.4, 0.5) is 0 Å². The molecule has 21 heavy (non-hydrogen) atoms. The minimum atomic E-state index is -0.584. The van der Waals surface area contributed by atoms with Crippen LogP contribution in [0, 0.1) is 0 Å². The van der Waals surface area contributed by atoms with Gasteiger partial charge in [-0.1, -0.05) is 36.4 Å². The number of fused-ring (bicyclic) bond motifs is 2. The summed E-state index contributed by atoms with van der Waals surface area (Å²) in [7, 11) is 0. The second kappa shape index (κ2) is 4.86. The first-order valence-electron chi connectivity index (χ1n) is 7.07. The quantitative estimate of drug-likeness (QED) is 0.780. The maximum absolute atomic E-state index is 10.9. The van der Waals surface area contributed by atoms with E-state index in [1.165, 1.54) is 0 Å². The van der Waals surface area contributed by atoms with Gasteiger partial charge >= 0.3 is 0 Å². The molecule has 104 valence electrons. The minimum Gasteiger partial charge on any atom is -0.493 e. The number of aliphatic hydroxyl groups excluding tert-OH is 1. The minimum absolute atomic E-state index is 0.0278. The monoisotopic (exact) mass is 277 g/mol. The largest absolute Gasteiger partial charge is 0.493 e. The predicted molar refractivity (Wildman–Crippen MR) is 81.4 cm³/mol. The molecule has 2 unspecified atom stereocenters. The van der Waals surface area contributed by atoms with Crippen molar-refractivity contribution in [2.24, 2.45) is 0 Å². The Hall–Kier alpha value is -2.39. The molecular weight excluding hydrogens is 262 g/mol. The molecule has 0 saturated carbocycles. The second-order valence-electron chi connectivity index (χ2n) is 5.34. The van der Waals surface area contributed by atoms with Crippen molar-refractivity contribution in [1.82, 2.24) is 4.98 Å². The first-order chi connectivity index (χ1) is 10.3. The van der Waals surface area contributed by atoms with Gasteiger partial charge in [-0.2, -0.15) is 0 Å². The number of aliphatic hydroxyl groups is 1. The van der Waals surface area contributed by atoms with Crippen molar-refractivity contribution in [1.29, 1.82) is 0 Å². The Labute approximate surface area is 122 Å². The van der Waals surface area contributed by atoms with Gasteiger partial charge in [0.2, 0.25) is 0 Å². The summed E-state index contributed by atoms with van der Waals surface area (Å²) in [4.78, 5) is 4.14. The highest BCUT2D eigenvalue weighted by Crippen LogP contribution is 2.42. The van der Waals surface area contributed by atoms with Crippen molar-refractivity contribution in [3.63, 3.8) is 0 Å². The number of hydrogen-bond donors (Lipinski definition) is 1. The third-order valence-electron chi connectivity index (χ3n) is 4.15. The molecule has 3 nitrogen and oxygen atoms in total. The van der Waals surface area contributed by atoms with E-state index in [-0.39, 0.29) is 5.92 Å². The van der Waals surface area contributed by atoms with Crippen LogP contribution in [-0.4, -0.2) is 16.7 Å². The third-order valence-corrected chi connectivity index (χ3v) is 4.15. The van der Waals surface area contributed by atoms with Crippen LogP contribution in [0.2, 0.25) is 0 Å². The zero-order valence-corrected chi connectivity index (χ0v) is 11.4. The van der Waals surface area contributed by atoms with E-state index in [4.69, 9.17) is 4.74 Å². The molecule has 2 heterocycles. The zero-order valence-electron chi connectivity index (χ0n) is 11.4. The molecule has 2 aromatic carbocycles. The number of nitrogens with zero attached hydrogens (tertiary/aromatic N) is 1. The first kappa shape index (κ1) is 12.4. The molecule has 0 saturated heterocycles. The van der Waals surface area contributed by atoms with Crippen molar-refractivity contribution in [2.45, 2.75) is 12.0 Å². The number of benzene rings is 2. The van der Waals surface area contributed by atoms with Gasteiger partial charge < -0.3 is 9.84 Å². The fraction of sp³-hybridized carbons (Fsp3) is 0.167. The fourth-order valence-electron chi connectivity index (χ4n) is 3.07. The summed E-state index contributed by atoms with van der Waals surface area (Å²) in [5.74, 6) is 0.850. The molecule has 0 bridgehead atoms. The average Bonchev–Trinajstić information content (AvgIpc) is 2.98. The van der Waals surface area contributed by atoms with Crippen LogP contribution in [-0.2, 0) is 0 Å². The van der Waals surface area contributed by atoms with Crippen LogP contribution in [0.15, 0.2) is 60.9 Å². The molecule has 1 aliphatic rings. The molecular formula is C18H15NO2. The van der Waals surface area contributed by atoms with Gasteiger partial charge in [-0.15, -0.1) is 0 Å². The molecule has 0 amide bonds. The van der Waals surface area contributed by atoms with Gasteiger partial charge in [0.05, 0.1) is 18.6 Å². The Morgan fingerprint density at radius 2 is 2.00 bits per heavy atom. The lowest BCUT2D eigenvalue weighted by atomic mass is 9.89. The van der Waals surface area contributed by atoms with Crippen LogP contribution in [0.5, 0.6) is 5.75 Å². The number of ether oxygens (including phenoxy) is 1. The van der Waals surface area contributed by atoms with E-state index in [1.807, 2.05) is 54.7 Å². The Balaban J connectivity index is 1.80. The summed E-state index contributed by atoms with van der Waals surface area (Å²) < 4.78 is 5.69. The van der Waals surface area contributed by atoms with Crippen molar-refractivity contribution >= 4 is 10.8 Å². The molecule has 0 spiro atoms. The number of hydrogen-bond acceptors (Lipinski definition) is 3. The Morgan fingerprint density at radius 3 is 2.95 bits per heavy atom. The van der Waals surface area contributed by atoms with Crippen molar-refractivity contribution in [3.05, 3.63) is 72.1 Å². The first-order valence-corrected chi connectivity index (χ1v) is 7.07. The van der Waals surface area contributed by atoms with E-state index in [2.05, 4.69) is 4.98 Å². The molecule has 0 radical (unpaired) electrons. The smallest absolute Gasteiger partial charge is 0.123 e. The van der Waals surface area contributed by atoms with Crippen LogP contribution >= 0.6 is 0 Å². The molecule has 4 rings (SSSR count). The highest BCUT2D eigenvalue weighted by molar-refractivity contribution is 5.85. The SMILES string of the molecule is OC(c1cccc2cnccc12)C1COc2ccccc21. The second-order valence-corrected chi connectivity index (χ2v) is 5.34. The topological polar surface area (TPSA) is 42.4 Å². The molecule has 1 aliphatic heterocycles. The standard InChI is InChI=1S/C18H15NO2/c20-18(16-11-21-17-7-2-1-5-14(16)17)15-6-3-4-12-10-19-9-8-13(12)15/h1-10,16,18,20H,11H2. The van der Waals surface area contributed by atoms with E-state index in [1.54, 1.807) is 6.20 Å². The summed E-state index contributed by atoms with van der Waals surface area (Å²) in [6.07, 6.45) is 3.00. The Kier molecular flexibility index (Phi) is 2.86. The van der Waals surface area contributed by atoms with Gasteiger partial charge in [0, 0.05) is 23.3 Å². The molecule has 2 atom stereocenters. The highest BCUT2D eigenvalue weighted by atomic mass is 16.5. The molecule has 0 fully saturated rings. The molecule has 1 aromatic heterocycles. The van der Waals surface area contributed by atoms with Crippen molar-refractivity contribution in [3.8, 4) is 5.75 Å². The van der Waals surface area contributed by atoms with Crippen LogP contribution in [0.25, 0.3) is 10.8 Å². The van der Waals surface area contributed by atoms with E-state index < -0.39 is 6.10 Å². The van der Waals surface area contributed by atoms with Crippen molar-refractivity contribution in [2.75, 3.05) is 6.61 Å². The molecule has 3 aromatic rings. The third kappa shape index (κ3) is 1.98. The Bertz CT molecular complexity index is 795. The normalized spacial score (nSPS) is 18.2. The molecule has 3 heteroatoms. The lowest BCUT2D eigenvalue weighted by Crippen LogP contribution is -2.12. The molecule has 1 N–H and O–H groups in total. The number of para-hydroxylation sites is 1. The van der Waals surface area contributed by atoms with Gasteiger partial charge in [-0.3, -0.25) is 4.98 Å². The highest BCUT2D eigenvalue weighted by Gasteiger charge is 2.31. The van der Waals surface area contributed by atoms with Crippen LogP contribution < -0.4 is 4.74 Å².